The van der Waals surface area contributed by atoms with Gasteiger partial charge in [-0.3, -0.25) is 0 Å². The number of hydrogen-bond donors (Lipinski definition) is 0. The third-order valence-electron chi connectivity index (χ3n) is 3.87. The van der Waals surface area contributed by atoms with Crippen LogP contribution in [0.1, 0.15) is 24.0 Å². The number of aryl methyl sites for hydroxylation is 1. The highest BCUT2D eigenvalue weighted by atomic mass is 19.4. The van der Waals surface area contributed by atoms with Crippen molar-refractivity contribution in [1.29, 1.82) is 0 Å². The van der Waals surface area contributed by atoms with E-state index >= 15 is 0 Å². The van der Waals surface area contributed by atoms with Crippen LogP contribution in [0.4, 0.5) is 24.5 Å². The summed E-state index contributed by atoms with van der Waals surface area (Å²) in [4.78, 5) is 6.35. The van der Waals surface area contributed by atoms with Gasteiger partial charge in [0.2, 0.25) is 0 Å². The Kier molecular flexibility index (Phi) is 4.11. The average Bonchev–Trinajstić information content (AvgIpc) is 2.95. The molecule has 5 heteroatoms. The van der Waals surface area contributed by atoms with Crippen molar-refractivity contribution < 1.29 is 13.2 Å². The third kappa shape index (κ3) is 3.38. The van der Waals surface area contributed by atoms with Crippen molar-refractivity contribution in [3.8, 4) is 0 Å². The van der Waals surface area contributed by atoms with Gasteiger partial charge in [0, 0.05) is 18.7 Å². The number of aliphatic imine (C=N–C) groups is 1. The zero-order valence-electron chi connectivity index (χ0n) is 12.8. The minimum Gasteiger partial charge on any atom is -0.330 e. The second-order valence-electron chi connectivity index (χ2n) is 5.64. The molecular formula is C18H17F3N2. The summed E-state index contributed by atoms with van der Waals surface area (Å²) in [5.41, 5.74) is 1.04. The zero-order chi connectivity index (χ0) is 16.4. The Hall–Kier alpha value is -2.30. The van der Waals surface area contributed by atoms with Gasteiger partial charge in [-0.05, 0) is 43.2 Å². The van der Waals surface area contributed by atoms with Gasteiger partial charge >= 0.3 is 6.18 Å². The van der Waals surface area contributed by atoms with E-state index in [9.17, 15) is 13.2 Å². The van der Waals surface area contributed by atoms with Crippen LogP contribution in [-0.4, -0.2) is 12.4 Å². The van der Waals surface area contributed by atoms with E-state index in [2.05, 4.69) is 4.99 Å². The fraction of sp³-hybridized carbons (Fsp3) is 0.278. The highest BCUT2D eigenvalue weighted by Gasteiger charge is 2.34. The Bertz CT molecular complexity index is 721. The van der Waals surface area contributed by atoms with Gasteiger partial charge in [0.05, 0.1) is 11.3 Å². The first-order valence-corrected chi connectivity index (χ1v) is 7.53. The fourth-order valence-corrected chi connectivity index (χ4v) is 2.77. The molecule has 0 atom stereocenters. The SMILES string of the molecule is Cc1ccc(C(F)(F)F)c(N=C2CCCN2c2ccccc2)c1. The normalized spacial score (nSPS) is 17.0. The molecule has 0 aromatic heterocycles. The van der Waals surface area contributed by atoms with Crippen LogP contribution in [0.3, 0.4) is 0 Å². The van der Waals surface area contributed by atoms with Crippen LogP contribution in [0, 0.1) is 6.92 Å². The summed E-state index contributed by atoms with van der Waals surface area (Å²) in [5.74, 6) is 0.687. The summed E-state index contributed by atoms with van der Waals surface area (Å²) in [7, 11) is 0. The molecule has 1 fully saturated rings. The van der Waals surface area contributed by atoms with E-state index in [0.717, 1.165) is 30.3 Å². The summed E-state index contributed by atoms with van der Waals surface area (Å²) in [6.45, 7) is 2.55. The summed E-state index contributed by atoms with van der Waals surface area (Å²) in [6, 6.07) is 13.7. The maximum absolute atomic E-state index is 13.2. The van der Waals surface area contributed by atoms with Crippen molar-refractivity contribution in [3.63, 3.8) is 0 Å². The smallest absolute Gasteiger partial charge is 0.330 e. The second kappa shape index (κ2) is 6.07. The largest absolute Gasteiger partial charge is 0.418 e. The molecule has 2 nitrogen and oxygen atoms in total. The highest BCUT2D eigenvalue weighted by molar-refractivity contribution is 6.01. The lowest BCUT2D eigenvalue weighted by molar-refractivity contribution is -0.137. The van der Waals surface area contributed by atoms with Crippen LogP contribution < -0.4 is 4.90 Å². The number of rotatable bonds is 2. The molecular weight excluding hydrogens is 301 g/mol. The van der Waals surface area contributed by atoms with E-state index < -0.39 is 11.7 Å². The number of amidine groups is 1. The van der Waals surface area contributed by atoms with E-state index in [4.69, 9.17) is 0 Å². The molecule has 2 aromatic rings. The number of benzene rings is 2. The molecule has 23 heavy (non-hydrogen) atoms. The summed E-state index contributed by atoms with van der Waals surface area (Å²) < 4.78 is 39.6. The monoisotopic (exact) mass is 318 g/mol. The van der Waals surface area contributed by atoms with Crippen LogP contribution in [0.5, 0.6) is 0 Å². The minimum absolute atomic E-state index is 0.00432. The van der Waals surface area contributed by atoms with Gasteiger partial charge in [0.15, 0.2) is 0 Å². The molecule has 0 saturated carbocycles. The van der Waals surface area contributed by atoms with Crippen molar-refractivity contribution in [3.05, 3.63) is 59.7 Å². The number of halogens is 3. The van der Waals surface area contributed by atoms with Crippen LogP contribution in [0.2, 0.25) is 0 Å². The van der Waals surface area contributed by atoms with Crippen molar-refractivity contribution in [2.45, 2.75) is 25.9 Å². The standard InChI is InChI=1S/C18H17F3N2/c1-13-9-10-15(18(19,20)21)16(12-13)22-17-8-5-11-23(17)14-6-3-2-4-7-14/h2-4,6-7,9-10,12H,5,8,11H2,1H3. The number of anilines is 1. The summed E-state index contributed by atoms with van der Waals surface area (Å²) >= 11 is 0. The molecule has 1 aliphatic rings. The fourth-order valence-electron chi connectivity index (χ4n) is 2.77. The highest BCUT2D eigenvalue weighted by Crippen LogP contribution is 2.37. The first kappa shape index (κ1) is 15.6. The van der Waals surface area contributed by atoms with E-state index in [1.807, 2.05) is 35.2 Å². The molecule has 0 radical (unpaired) electrons. The Morgan fingerprint density at radius 2 is 1.78 bits per heavy atom. The van der Waals surface area contributed by atoms with Crippen molar-refractivity contribution in [1.82, 2.24) is 0 Å². The molecule has 0 spiro atoms. The first-order valence-electron chi connectivity index (χ1n) is 7.53. The van der Waals surface area contributed by atoms with Gasteiger partial charge in [-0.2, -0.15) is 13.2 Å². The Labute approximate surface area is 133 Å². The van der Waals surface area contributed by atoms with Crippen LogP contribution in [0.25, 0.3) is 0 Å². The Morgan fingerprint density at radius 1 is 1.04 bits per heavy atom. The van der Waals surface area contributed by atoms with Crippen molar-refractivity contribution in [2.75, 3.05) is 11.4 Å². The topological polar surface area (TPSA) is 15.6 Å². The van der Waals surface area contributed by atoms with E-state index in [1.54, 1.807) is 6.92 Å². The van der Waals surface area contributed by atoms with Gasteiger partial charge in [0.25, 0.3) is 0 Å². The Balaban J connectivity index is 2.02. The zero-order valence-corrected chi connectivity index (χ0v) is 12.8. The molecule has 0 amide bonds. The summed E-state index contributed by atoms with van der Waals surface area (Å²) in [5, 5.41) is 0. The molecule has 3 rings (SSSR count). The van der Waals surface area contributed by atoms with E-state index in [1.165, 1.54) is 12.1 Å². The lowest BCUT2D eigenvalue weighted by atomic mass is 10.1. The molecule has 0 N–H and O–H groups in total. The van der Waals surface area contributed by atoms with Gasteiger partial charge < -0.3 is 4.90 Å². The van der Waals surface area contributed by atoms with E-state index in [-0.39, 0.29) is 5.69 Å². The van der Waals surface area contributed by atoms with Gasteiger partial charge in [0.1, 0.15) is 5.84 Å². The molecule has 0 unspecified atom stereocenters. The number of alkyl halides is 3. The summed E-state index contributed by atoms with van der Waals surface area (Å²) in [6.07, 6.45) is -2.83. The second-order valence-corrected chi connectivity index (χ2v) is 5.64. The van der Waals surface area contributed by atoms with Gasteiger partial charge in [-0.1, -0.05) is 24.3 Å². The predicted octanol–water partition coefficient (Wildman–Crippen LogP) is 5.34. The maximum Gasteiger partial charge on any atom is 0.418 e. The molecule has 2 aromatic carbocycles. The van der Waals surface area contributed by atoms with Gasteiger partial charge in [-0.15, -0.1) is 0 Å². The third-order valence-corrected chi connectivity index (χ3v) is 3.87. The van der Waals surface area contributed by atoms with E-state index in [0.29, 0.717) is 12.3 Å². The lowest BCUT2D eigenvalue weighted by Crippen LogP contribution is -2.24. The van der Waals surface area contributed by atoms with Crippen molar-refractivity contribution in [2.24, 2.45) is 4.99 Å². The van der Waals surface area contributed by atoms with Gasteiger partial charge in [-0.25, -0.2) is 4.99 Å². The number of hydrogen-bond acceptors (Lipinski definition) is 1. The van der Waals surface area contributed by atoms with Crippen LogP contribution in [0.15, 0.2) is 53.5 Å². The molecule has 1 heterocycles. The van der Waals surface area contributed by atoms with Crippen molar-refractivity contribution >= 4 is 17.2 Å². The molecule has 0 aliphatic carbocycles. The maximum atomic E-state index is 13.2. The van der Waals surface area contributed by atoms with Crippen LogP contribution in [-0.2, 0) is 6.18 Å². The lowest BCUT2D eigenvalue weighted by Gasteiger charge is -2.19. The first-order chi connectivity index (χ1) is 10.9. The predicted molar refractivity (Wildman–Crippen MR) is 86.3 cm³/mol. The molecule has 1 saturated heterocycles. The number of nitrogens with zero attached hydrogens (tertiary/aromatic N) is 2. The Morgan fingerprint density at radius 3 is 2.48 bits per heavy atom. The molecule has 0 bridgehead atoms. The molecule has 1 aliphatic heterocycles. The average molecular weight is 318 g/mol. The quantitative estimate of drug-likeness (QED) is 0.729. The number of para-hydroxylation sites is 1. The minimum atomic E-state index is -4.40. The van der Waals surface area contributed by atoms with Crippen LogP contribution >= 0.6 is 0 Å². The molecule has 120 valence electrons.